The lowest BCUT2D eigenvalue weighted by molar-refractivity contribution is 0.251. The second kappa shape index (κ2) is 2.96. The number of hydrogen-bond donors (Lipinski definition) is 1. The predicted molar refractivity (Wildman–Crippen MR) is 55.3 cm³/mol. The van der Waals surface area contributed by atoms with Gasteiger partial charge in [-0.15, -0.1) is 0 Å². The van der Waals surface area contributed by atoms with Gasteiger partial charge >= 0.3 is 6.03 Å². The summed E-state index contributed by atoms with van der Waals surface area (Å²) in [5.41, 5.74) is 1.24. The molecule has 0 unspecified atom stereocenters. The quantitative estimate of drug-likeness (QED) is 0.713. The van der Waals surface area contributed by atoms with E-state index < -0.39 is 16.1 Å². The molecular formula is C9H10N2O3S. The summed E-state index contributed by atoms with van der Waals surface area (Å²) in [5, 5.41) is 0. The predicted octanol–water partition coefficient (Wildman–Crippen LogP) is 0.843. The van der Waals surface area contributed by atoms with Crippen LogP contribution >= 0.6 is 0 Å². The van der Waals surface area contributed by atoms with Crippen molar-refractivity contribution in [2.75, 3.05) is 11.9 Å². The molecule has 1 N–H and O–H groups in total. The van der Waals surface area contributed by atoms with Crippen LogP contribution in [0.1, 0.15) is 5.56 Å². The monoisotopic (exact) mass is 226 g/mol. The lowest BCUT2D eigenvalue weighted by Crippen LogP contribution is -2.45. The minimum Gasteiger partial charge on any atom is -0.295 e. The number of fused-ring (bicyclic) bond motifs is 1. The fraction of sp³-hybridized carbons (Fsp3) is 0.222. The smallest absolute Gasteiger partial charge is 0.295 e. The van der Waals surface area contributed by atoms with Crippen molar-refractivity contribution in [1.82, 2.24) is 4.72 Å². The van der Waals surface area contributed by atoms with Crippen LogP contribution in [-0.2, 0) is 10.0 Å². The molecule has 2 rings (SSSR count). The molecule has 1 aliphatic heterocycles. The van der Waals surface area contributed by atoms with Crippen molar-refractivity contribution in [3.8, 4) is 0 Å². The maximum absolute atomic E-state index is 11.6. The zero-order valence-electron chi connectivity index (χ0n) is 8.31. The van der Waals surface area contributed by atoms with E-state index in [1.165, 1.54) is 11.9 Å². The van der Waals surface area contributed by atoms with Crippen LogP contribution in [0.4, 0.5) is 10.5 Å². The summed E-state index contributed by atoms with van der Waals surface area (Å²) >= 11 is 0. The number of urea groups is 1. The summed E-state index contributed by atoms with van der Waals surface area (Å²) in [6.45, 7) is 1.80. The highest BCUT2D eigenvalue weighted by Gasteiger charge is 2.31. The Bertz CT molecular complexity index is 536. The van der Waals surface area contributed by atoms with Crippen LogP contribution < -0.4 is 9.62 Å². The second-order valence-corrected chi connectivity index (χ2v) is 5.09. The highest BCUT2D eigenvalue weighted by Crippen LogP contribution is 2.28. The summed E-state index contributed by atoms with van der Waals surface area (Å²) in [5.74, 6) is 0. The molecule has 80 valence electrons. The Morgan fingerprint density at radius 2 is 2.00 bits per heavy atom. The molecule has 5 nitrogen and oxygen atoms in total. The number of benzene rings is 1. The van der Waals surface area contributed by atoms with E-state index in [2.05, 4.69) is 0 Å². The number of nitrogens with one attached hydrogen (secondary N) is 1. The first-order valence-electron chi connectivity index (χ1n) is 4.33. The Kier molecular flexibility index (Phi) is 1.97. The molecule has 1 aromatic carbocycles. The van der Waals surface area contributed by atoms with Gasteiger partial charge in [0.15, 0.2) is 0 Å². The number of carbonyl (C=O) groups is 1. The van der Waals surface area contributed by atoms with E-state index in [9.17, 15) is 13.2 Å². The van der Waals surface area contributed by atoms with Crippen molar-refractivity contribution in [3.63, 3.8) is 0 Å². The van der Waals surface area contributed by atoms with E-state index in [0.29, 0.717) is 5.69 Å². The summed E-state index contributed by atoms with van der Waals surface area (Å²) in [6, 6.07) is 4.30. The van der Waals surface area contributed by atoms with Crippen molar-refractivity contribution in [2.24, 2.45) is 0 Å². The van der Waals surface area contributed by atoms with Crippen LogP contribution in [0.5, 0.6) is 0 Å². The molecular weight excluding hydrogens is 216 g/mol. The van der Waals surface area contributed by atoms with Gasteiger partial charge in [-0.1, -0.05) is 6.07 Å². The van der Waals surface area contributed by atoms with Gasteiger partial charge < -0.3 is 0 Å². The molecule has 0 spiro atoms. The van der Waals surface area contributed by atoms with E-state index in [4.69, 9.17) is 0 Å². The molecule has 0 saturated carbocycles. The number of carbonyl (C=O) groups excluding carboxylic acids is 1. The first-order valence-corrected chi connectivity index (χ1v) is 5.81. The van der Waals surface area contributed by atoms with Gasteiger partial charge in [0.05, 0.1) is 5.69 Å². The van der Waals surface area contributed by atoms with Crippen LogP contribution in [0.25, 0.3) is 0 Å². The third-order valence-corrected chi connectivity index (χ3v) is 3.64. The normalized spacial score (nSPS) is 18.3. The first kappa shape index (κ1) is 9.97. The molecule has 0 saturated heterocycles. The minimum atomic E-state index is -3.69. The molecule has 1 heterocycles. The third kappa shape index (κ3) is 1.46. The lowest BCUT2D eigenvalue weighted by atomic mass is 10.2. The number of nitrogens with zero attached hydrogens (tertiary/aromatic N) is 1. The maximum atomic E-state index is 11.6. The van der Waals surface area contributed by atoms with E-state index in [1.54, 1.807) is 25.1 Å². The third-order valence-electron chi connectivity index (χ3n) is 2.29. The Hall–Kier alpha value is -1.56. The maximum Gasteiger partial charge on any atom is 0.335 e. The molecule has 2 amide bonds. The lowest BCUT2D eigenvalue weighted by Gasteiger charge is -2.26. The molecule has 0 aromatic heterocycles. The molecule has 15 heavy (non-hydrogen) atoms. The average molecular weight is 226 g/mol. The summed E-state index contributed by atoms with van der Waals surface area (Å²) in [7, 11) is -2.16. The topological polar surface area (TPSA) is 66.5 Å². The summed E-state index contributed by atoms with van der Waals surface area (Å²) < 4.78 is 25.2. The van der Waals surface area contributed by atoms with Gasteiger partial charge in [0, 0.05) is 7.05 Å². The van der Waals surface area contributed by atoms with E-state index in [1.807, 2.05) is 4.72 Å². The van der Waals surface area contributed by atoms with Gasteiger partial charge in [-0.05, 0) is 24.6 Å². The van der Waals surface area contributed by atoms with Crippen molar-refractivity contribution < 1.29 is 13.2 Å². The van der Waals surface area contributed by atoms with Gasteiger partial charge in [-0.25, -0.2) is 17.9 Å². The zero-order chi connectivity index (χ0) is 11.2. The number of hydrogen-bond acceptors (Lipinski definition) is 3. The number of sulfonamides is 1. The average Bonchev–Trinajstić information content (AvgIpc) is 2.14. The number of aryl methyl sites for hydroxylation is 1. The largest absolute Gasteiger partial charge is 0.335 e. The minimum absolute atomic E-state index is 0.143. The molecule has 0 aliphatic carbocycles. The standard InChI is InChI=1S/C9H10N2O3S/c1-6-3-4-7-8(5-6)15(13,14)10-9(12)11(7)2/h3-5H,1-2H3,(H,10,12). The molecule has 0 bridgehead atoms. The van der Waals surface area contributed by atoms with Gasteiger partial charge in [-0.3, -0.25) is 4.90 Å². The van der Waals surface area contributed by atoms with Crippen LogP contribution in [0, 0.1) is 6.92 Å². The van der Waals surface area contributed by atoms with Gasteiger partial charge in [0.2, 0.25) is 0 Å². The van der Waals surface area contributed by atoms with E-state index >= 15 is 0 Å². The van der Waals surface area contributed by atoms with Crippen LogP contribution in [0.15, 0.2) is 23.1 Å². The fourth-order valence-corrected chi connectivity index (χ4v) is 2.76. The highest BCUT2D eigenvalue weighted by molar-refractivity contribution is 7.90. The van der Waals surface area contributed by atoms with Gasteiger partial charge in [0.25, 0.3) is 10.0 Å². The summed E-state index contributed by atoms with van der Waals surface area (Å²) in [6.07, 6.45) is 0. The second-order valence-electron chi connectivity index (χ2n) is 3.44. The van der Waals surface area contributed by atoms with Crippen LogP contribution in [-0.4, -0.2) is 21.5 Å². The Morgan fingerprint density at radius 1 is 1.33 bits per heavy atom. The highest BCUT2D eigenvalue weighted by atomic mass is 32.2. The Balaban J connectivity index is 2.75. The summed E-state index contributed by atoms with van der Waals surface area (Å²) in [4.78, 5) is 12.7. The van der Waals surface area contributed by atoms with Crippen molar-refractivity contribution in [1.29, 1.82) is 0 Å². The first-order chi connectivity index (χ1) is 6.92. The number of amides is 2. The SMILES string of the molecule is Cc1ccc2c(c1)S(=O)(=O)NC(=O)N2C. The van der Waals surface area contributed by atoms with Gasteiger partial charge in [0.1, 0.15) is 4.90 Å². The molecule has 0 radical (unpaired) electrons. The number of rotatable bonds is 0. The zero-order valence-corrected chi connectivity index (χ0v) is 9.13. The van der Waals surface area contributed by atoms with Crippen molar-refractivity contribution in [2.45, 2.75) is 11.8 Å². The van der Waals surface area contributed by atoms with E-state index in [0.717, 1.165) is 5.56 Å². The van der Waals surface area contributed by atoms with E-state index in [-0.39, 0.29) is 4.90 Å². The molecule has 1 aliphatic rings. The molecule has 6 heteroatoms. The Morgan fingerprint density at radius 3 is 2.67 bits per heavy atom. The van der Waals surface area contributed by atoms with Crippen molar-refractivity contribution in [3.05, 3.63) is 23.8 Å². The molecule has 1 aromatic rings. The molecule has 0 atom stereocenters. The Labute approximate surface area is 87.8 Å². The van der Waals surface area contributed by atoms with Gasteiger partial charge in [-0.2, -0.15) is 0 Å². The molecule has 0 fully saturated rings. The fourth-order valence-electron chi connectivity index (χ4n) is 1.46. The number of anilines is 1. The van der Waals surface area contributed by atoms with Crippen molar-refractivity contribution >= 4 is 21.7 Å². The van der Waals surface area contributed by atoms with Crippen LogP contribution in [0.3, 0.4) is 0 Å². The van der Waals surface area contributed by atoms with Crippen LogP contribution in [0.2, 0.25) is 0 Å².